The van der Waals surface area contributed by atoms with Gasteiger partial charge in [-0.05, 0) is 66.5 Å². The molecule has 0 bridgehead atoms. The topological polar surface area (TPSA) is 76.1 Å². The van der Waals surface area contributed by atoms with Gasteiger partial charge in [-0.1, -0.05) is 0 Å². The van der Waals surface area contributed by atoms with Crippen molar-refractivity contribution in [2.75, 3.05) is 17.1 Å². The molecule has 0 aliphatic rings. The summed E-state index contributed by atoms with van der Waals surface area (Å²) in [7, 11) is 1.59. The van der Waals surface area contributed by atoms with Crippen molar-refractivity contribution in [3.63, 3.8) is 0 Å². The van der Waals surface area contributed by atoms with E-state index in [2.05, 4.69) is 20.0 Å². The number of rotatable bonds is 6. The largest absolute Gasteiger partial charge is 0.497 e. The molecular weight excluding hydrogens is 336 g/mol. The average molecular weight is 352 g/mol. The van der Waals surface area contributed by atoms with Gasteiger partial charge in [-0.25, -0.2) is 9.97 Å². The van der Waals surface area contributed by atoms with E-state index in [-0.39, 0.29) is 5.91 Å². The van der Waals surface area contributed by atoms with Crippen molar-refractivity contribution in [3.05, 3.63) is 72.6 Å². The fourth-order valence-electron chi connectivity index (χ4n) is 2.01. The number of aromatic nitrogens is 2. The van der Waals surface area contributed by atoms with E-state index in [4.69, 9.17) is 4.74 Å². The number of benzene rings is 2. The zero-order chi connectivity index (χ0) is 17.5. The normalized spacial score (nSPS) is 10.1. The summed E-state index contributed by atoms with van der Waals surface area (Å²) in [4.78, 5) is 21.4. The van der Waals surface area contributed by atoms with Crippen LogP contribution in [0.2, 0.25) is 0 Å². The molecule has 2 N–H and O–H groups in total. The maximum atomic E-state index is 12.2. The maximum absolute atomic E-state index is 12.2. The zero-order valence-corrected chi connectivity index (χ0v) is 14.3. The monoisotopic (exact) mass is 352 g/mol. The number of methoxy groups -OCH3 is 1. The van der Waals surface area contributed by atoms with Crippen molar-refractivity contribution in [1.82, 2.24) is 9.97 Å². The standard InChI is InChI=1S/C18H16N4O2S/c1-24-15-7-3-13(4-8-15)17(23)21-14-5-9-16(10-6-14)25-22-18-19-11-2-12-20-18/h2-12H,1H3,(H,21,23)(H,19,20,22). The van der Waals surface area contributed by atoms with E-state index in [1.165, 1.54) is 11.9 Å². The van der Waals surface area contributed by atoms with Gasteiger partial charge in [0.25, 0.3) is 5.91 Å². The van der Waals surface area contributed by atoms with Crippen molar-refractivity contribution in [3.8, 4) is 5.75 Å². The van der Waals surface area contributed by atoms with E-state index >= 15 is 0 Å². The van der Waals surface area contributed by atoms with Crippen LogP contribution in [0.15, 0.2) is 71.9 Å². The van der Waals surface area contributed by atoms with Gasteiger partial charge in [-0.2, -0.15) is 0 Å². The molecule has 6 nitrogen and oxygen atoms in total. The first-order valence-electron chi connectivity index (χ1n) is 7.50. The van der Waals surface area contributed by atoms with Crippen molar-refractivity contribution < 1.29 is 9.53 Å². The molecular formula is C18H16N4O2S. The average Bonchev–Trinajstić information content (AvgIpc) is 2.68. The highest BCUT2D eigenvalue weighted by Gasteiger charge is 2.06. The summed E-state index contributed by atoms with van der Waals surface area (Å²) >= 11 is 1.40. The SMILES string of the molecule is COc1ccc(C(=O)Nc2ccc(SNc3ncccn3)cc2)cc1. The lowest BCUT2D eigenvalue weighted by Crippen LogP contribution is -2.11. The third-order valence-electron chi connectivity index (χ3n) is 3.29. The third kappa shape index (κ3) is 4.71. The van der Waals surface area contributed by atoms with Crippen LogP contribution in [0.1, 0.15) is 10.4 Å². The van der Waals surface area contributed by atoms with Crippen molar-refractivity contribution >= 4 is 29.5 Å². The number of ether oxygens (including phenoxy) is 1. The maximum Gasteiger partial charge on any atom is 0.255 e. The summed E-state index contributed by atoms with van der Waals surface area (Å²) in [6.45, 7) is 0. The number of nitrogens with zero attached hydrogens (tertiary/aromatic N) is 2. The number of nitrogens with one attached hydrogen (secondary N) is 2. The Morgan fingerprint density at radius 3 is 2.32 bits per heavy atom. The van der Waals surface area contributed by atoms with Crippen molar-refractivity contribution in [2.45, 2.75) is 4.90 Å². The fourth-order valence-corrected chi connectivity index (χ4v) is 2.60. The molecule has 0 radical (unpaired) electrons. The minimum absolute atomic E-state index is 0.168. The van der Waals surface area contributed by atoms with Gasteiger partial charge in [0.15, 0.2) is 0 Å². The molecule has 0 saturated carbocycles. The van der Waals surface area contributed by atoms with Gasteiger partial charge in [0, 0.05) is 28.5 Å². The molecule has 1 amide bonds. The second kappa shape index (κ2) is 8.16. The molecule has 7 heteroatoms. The molecule has 25 heavy (non-hydrogen) atoms. The minimum Gasteiger partial charge on any atom is -0.497 e. The van der Waals surface area contributed by atoms with Gasteiger partial charge < -0.3 is 10.1 Å². The van der Waals surface area contributed by atoms with Crippen LogP contribution in [-0.2, 0) is 0 Å². The molecule has 0 unspecified atom stereocenters. The van der Waals surface area contributed by atoms with Gasteiger partial charge in [0.1, 0.15) is 5.75 Å². The van der Waals surface area contributed by atoms with Crippen LogP contribution in [0, 0.1) is 0 Å². The van der Waals surface area contributed by atoms with E-state index in [9.17, 15) is 4.79 Å². The molecule has 0 saturated heterocycles. The van der Waals surface area contributed by atoms with Gasteiger partial charge in [-0.15, -0.1) is 0 Å². The Morgan fingerprint density at radius 2 is 1.68 bits per heavy atom. The molecule has 0 atom stereocenters. The van der Waals surface area contributed by atoms with Gasteiger partial charge in [0.05, 0.1) is 7.11 Å². The molecule has 0 aliphatic heterocycles. The number of carbonyl (C=O) groups is 1. The summed E-state index contributed by atoms with van der Waals surface area (Å²) in [6.07, 6.45) is 3.35. The first-order valence-corrected chi connectivity index (χ1v) is 8.31. The Hall–Kier alpha value is -3.06. The molecule has 0 fully saturated rings. The van der Waals surface area contributed by atoms with E-state index in [1.807, 2.05) is 24.3 Å². The minimum atomic E-state index is -0.168. The quantitative estimate of drug-likeness (QED) is 0.656. The molecule has 2 aromatic carbocycles. The Morgan fingerprint density at radius 1 is 1.00 bits per heavy atom. The molecule has 0 spiro atoms. The highest BCUT2D eigenvalue weighted by Crippen LogP contribution is 2.21. The van der Waals surface area contributed by atoms with Crippen molar-refractivity contribution in [2.24, 2.45) is 0 Å². The van der Waals surface area contributed by atoms with E-state index < -0.39 is 0 Å². The van der Waals surface area contributed by atoms with Crippen LogP contribution in [-0.4, -0.2) is 23.0 Å². The molecule has 1 aromatic heterocycles. The molecule has 1 heterocycles. The lowest BCUT2D eigenvalue weighted by molar-refractivity contribution is 0.102. The number of hydrogen-bond acceptors (Lipinski definition) is 6. The first-order chi connectivity index (χ1) is 12.2. The highest BCUT2D eigenvalue weighted by molar-refractivity contribution is 8.00. The van der Waals surface area contributed by atoms with Crippen LogP contribution in [0.4, 0.5) is 11.6 Å². The predicted molar refractivity (Wildman–Crippen MR) is 98.9 cm³/mol. The Labute approximate surface area is 149 Å². The van der Waals surface area contributed by atoms with Crippen molar-refractivity contribution in [1.29, 1.82) is 0 Å². The zero-order valence-electron chi connectivity index (χ0n) is 13.5. The number of anilines is 2. The Kier molecular flexibility index (Phi) is 5.48. The number of hydrogen-bond donors (Lipinski definition) is 2. The fraction of sp³-hybridized carbons (Fsp3) is 0.0556. The van der Waals surface area contributed by atoms with Crippen LogP contribution < -0.4 is 14.8 Å². The summed E-state index contributed by atoms with van der Waals surface area (Å²) < 4.78 is 8.14. The molecule has 0 aliphatic carbocycles. The van der Waals surface area contributed by atoms with E-state index in [0.717, 1.165) is 10.6 Å². The van der Waals surface area contributed by atoms with Gasteiger partial charge >= 0.3 is 0 Å². The van der Waals surface area contributed by atoms with Gasteiger partial charge in [0.2, 0.25) is 5.95 Å². The van der Waals surface area contributed by atoms with Crippen LogP contribution in [0.25, 0.3) is 0 Å². The predicted octanol–water partition coefficient (Wildman–Crippen LogP) is 3.86. The Bertz CT molecular complexity index is 824. The second-order valence-electron chi connectivity index (χ2n) is 4.98. The molecule has 3 aromatic rings. The summed E-state index contributed by atoms with van der Waals surface area (Å²) in [5.41, 5.74) is 1.29. The first kappa shape index (κ1) is 16.8. The van der Waals surface area contributed by atoms with Crippen LogP contribution in [0.3, 0.4) is 0 Å². The smallest absolute Gasteiger partial charge is 0.255 e. The lowest BCUT2D eigenvalue weighted by Gasteiger charge is -2.07. The molecule has 126 valence electrons. The van der Waals surface area contributed by atoms with E-state index in [0.29, 0.717) is 17.3 Å². The summed E-state index contributed by atoms with van der Waals surface area (Å²) in [5, 5.41) is 2.86. The highest BCUT2D eigenvalue weighted by atomic mass is 32.2. The van der Waals surface area contributed by atoms with Gasteiger partial charge in [-0.3, -0.25) is 9.52 Å². The Balaban J connectivity index is 1.57. The van der Waals surface area contributed by atoms with E-state index in [1.54, 1.807) is 49.8 Å². The third-order valence-corrected chi connectivity index (χ3v) is 4.08. The summed E-state index contributed by atoms with van der Waals surface area (Å²) in [5.74, 6) is 1.09. The second-order valence-corrected chi connectivity index (χ2v) is 5.86. The van der Waals surface area contributed by atoms with Crippen LogP contribution in [0.5, 0.6) is 5.75 Å². The number of amides is 1. The number of carbonyl (C=O) groups excluding carboxylic acids is 1. The summed E-state index contributed by atoms with van der Waals surface area (Å²) in [6, 6.07) is 16.2. The van der Waals surface area contributed by atoms with Crippen LogP contribution >= 0.6 is 11.9 Å². The molecule has 3 rings (SSSR count). The lowest BCUT2D eigenvalue weighted by atomic mass is 10.2.